The average Bonchev–Trinajstić information content (AvgIpc) is 2.99. The van der Waals surface area contributed by atoms with Crippen LogP contribution in [-0.4, -0.2) is 59.2 Å². The minimum absolute atomic E-state index is 0.318. The predicted octanol–water partition coefficient (Wildman–Crippen LogP) is 1.57. The molecule has 0 saturated carbocycles. The highest BCUT2D eigenvalue weighted by Crippen LogP contribution is 2.13. The van der Waals surface area contributed by atoms with Gasteiger partial charge in [0.25, 0.3) is 0 Å². The lowest BCUT2D eigenvalue weighted by atomic mass is 10.4. The normalized spacial score (nSPS) is 15.1. The van der Waals surface area contributed by atoms with E-state index in [1.807, 2.05) is 13.8 Å². The van der Waals surface area contributed by atoms with Crippen LogP contribution in [0.1, 0.15) is 33.1 Å². The van der Waals surface area contributed by atoms with Crippen LogP contribution in [0.4, 0.5) is 5.95 Å². The van der Waals surface area contributed by atoms with Gasteiger partial charge in [-0.3, -0.25) is 4.90 Å². The van der Waals surface area contributed by atoms with Gasteiger partial charge in [-0.1, -0.05) is 6.92 Å². The van der Waals surface area contributed by atoms with Crippen molar-refractivity contribution in [3.8, 4) is 12.0 Å². The van der Waals surface area contributed by atoms with Crippen LogP contribution < -0.4 is 14.8 Å². The quantitative estimate of drug-likeness (QED) is 0.741. The van der Waals surface area contributed by atoms with Gasteiger partial charge in [-0.25, -0.2) is 0 Å². The molecule has 0 atom stereocenters. The van der Waals surface area contributed by atoms with E-state index in [4.69, 9.17) is 9.47 Å². The zero-order valence-corrected chi connectivity index (χ0v) is 13.0. The Morgan fingerprint density at radius 3 is 2.29 bits per heavy atom. The number of aromatic nitrogens is 3. The van der Waals surface area contributed by atoms with E-state index < -0.39 is 0 Å². The lowest BCUT2D eigenvalue weighted by molar-refractivity contribution is 0.219. The van der Waals surface area contributed by atoms with Crippen LogP contribution in [0.3, 0.4) is 0 Å². The third-order valence-corrected chi connectivity index (χ3v) is 3.20. The highest BCUT2D eigenvalue weighted by molar-refractivity contribution is 5.27. The fourth-order valence-corrected chi connectivity index (χ4v) is 2.17. The molecule has 7 heteroatoms. The molecule has 118 valence electrons. The van der Waals surface area contributed by atoms with E-state index in [1.165, 1.54) is 12.8 Å². The van der Waals surface area contributed by atoms with Gasteiger partial charge in [0, 0.05) is 13.1 Å². The van der Waals surface area contributed by atoms with Crippen molar-refractivity contribution in [2.45, 2.75) is 33.1 Å². The summed E-state index contributed by atoms with van der Waals surface area (Å²) in [5.74, 6) is 0.495. The molecule has 0 radical (unpaired) electrons. The molecular weight excluding hydrogens is 270 g/mol. The highest BCUT2D eigenvalue weighted by atomic mass is 16.5. The first kappa shape index (κ1) is 15.8. The largest absolute Gasteiger partial charge is 0.463 e. The maximum absolute atomic E-state index is 5.65. The van der Waals surface area contributed by atoms with Crippen LogP contribution in [0, 0.1) is 0 Å². The zero-order chi connectivity index (χ0) is 14.9. The van der Waals surface area contributed by atoms with E-state index >= 15 is 0 Å². The Kier molecular flexibility index (Phi) is 6.46. The minimum Gasteiger partial charge on any atom is -0.463 e. The van der Waals surface area contributed by atoms with Gasteiger partial charge < -0.3 is 14.8 Å². The number of nitrogens with zero attached hydrogens (tertiary/aromatic N) is 4. The monoisotopic (exact) mass is 295 g/mol. The van der Waals surface area contributed by atoms with Crippen LogP contribution in [0.5, 0.6) is 12.0 Å². The van der Waals surface area contributed by atoms with Gasteiger partial charge >= 0.3 is 12.0 Å². The van der Waals surface area contributed by atoms with Crippen LogP contribution in [0.25, 0.3) is 0 Å². The van der Waals surface area contributed by atoms with Crippen LogP contribution in [-0.2, 0) is 0 Å². The molecular formula is C14H25N5O2. The van der Waals surface area contributed by atoms with Crippen molar-refractivity contribution in [1.82, 2.24) is 19.9 Å². The molecule has 0 bridgehead atoms. The molecule has 2 heterocycles. The second-order valence-corrected chi connectivity index (χ2v) is 5.00. The van der Waals surface area contributed by atoms with E-state index in [-0.39, 0.29) is 0 Å². The topological polar surface area (TPSA) is 72.4 Å². The first-order chi connectivity index (χ1) is 10.3. The average molecular weight is 295 g/mol. The van der Waals surface area contributed by atoms with Crippen molar-refractivity contribution in [3.63, 3.8) is 0 Å². The summed E-state index contributed by atoms with van der Waals surface area (Å²) in [7, 11) is 0. The first-order valence-corrected chi connectivity index (χ1v) is 7.79. The van der Waals surface area contributed by atoms with Gasteiger partial charge in [-0.05, 0) is 39.3 Å². The van der Waals surface area contributed by atoms with Crippen LogP contribution in [0.15, 0.2) is 0 Å². The lowest BCUT2D eigenvalue weighted by Gasteiger charge is -2.14. The van der Waals surface area contributed by atoms with Gasteiger partial charge in [0.05, 0.1) is 6.61 Å². The molecule has 1 N–H and O–H groups in total. The Morgan fingerprint density at radius 2 is 1.67 bits per heavy atom. The second-order valence-electron chi connectivity index (χ2n) is 5.00. The van der Waals surface area contributed by atoms with Gasteiger partial charge in [-0.2, -0.15) is 9.97 Å². The fraction of sp³-hybridized carbons (Fsp3) is 0.786. The summed E-state index contributed by atoms with van der Waals surface area (Å²) in [5, 5.41) is 3.06. The summed E-state index contributed by atoms with van der Waals surface area (Å²) in [6.07, 6.45) is 3.48. The number of hydrogen-bond donors (Lipinski definition) is 1. The number of nitrogens with one attached hydrogen (secondary N) is 1. The van der Waals surface area contributed by atoms with Crippen molar-refractivity contribution in [2.75, 3.05) is 44.7 Å². The van der Waals surface area contributed by atoms with Gasteiger partial charge in [0.1, 0.15) is 6.61 Å². The van der Waals surface area contributed by atoms with Crippen molar-refractivity contribution in [3.05, 3.63) is 0 Å². The Balaban J connectivity index is 1.90. The van der Waals surface area contributed by atoms with Crippen molar-refractivity contribution >= 4 is 5.95 Å². The molecule has 0 aromatic carbocycles. The first-order valence-electron chi connectivity index (χ1n) is 7.79. The highest BCUT2D eigenvalue weighted by Gasteiger charge is 2.12. The summed E-state index contributed by atoms with van der Waals surface area (Å²) >= 11 is 0. The number of ether oxygens (including phenoxy) is 2. The summed E-state index contributed by atoms with van der Waals surface area (Å²) in [6, 6.07) is 0.644. The van der Waals surface area contributed by atoms with Gasteiger partial charge in [0.15, 0.2) is 0 Å². The molecule has 1 aromatic rings. The van der Waals surface area contributed by atoms with Crippen molar-refractivity contribution in [1.29, 1.82) is 0 Å². The predicted molar refractivity (Wildman–Crippen MR) is 80.9 cm³/mol. The maximum Gasteiger partial charge on any atom is 0.324 e. The van der Waals surface area contributed by atoms with Gasteiger partial charge in [0.2, 0.25) is 5.95 Å². The summed E-state index contributed by atoms with van der Waals surface area (Å²) in [5.41, 5.74) is 0. The number of anilines is 1. The van der Waals surface area contributed by atoms with Crippen LogP contribution in [0.2, 0.25) is 0 Å². The van der Waals surface area contributed by atoms with Crippen LogP contribution >= 0.6 is 0 Å². The van der Waals surface area contributed by atoms with Gasteiger partial charge in [-0.15, -0.1) is 4.98 Å². The molecule has 1 aliphatic heterocycles. The SMILES string of the molecule is CCCOc1nc(NCC)nc(OCCN2CCCC2)n1. The Labute approximate surface area is 126 Å². The van der Waals surface area contributed by atoms with E-state index in [0.717, 1.165) is 32.6 Å². The summed E-state index contributed by atoms with van der Waals surface area (Å²) in [6.45, 7) is 9.18. The molecule has 2 rings (SSSR count). The number of hydrogen-bond acceptors (Lipinski definition) is 7. The van der Waals surface area contributed by atoms with E-state index in [9.17, 15) is 0 Å². The summed E-state index contributed by atoms with van der Waals surface area (Å²) in [4.78, 5) is 15.0. The molecule has 0 aliphatic carbocycles. The number of likely N-dealkylation sites (tertiary alicyclic amines) is 1. The third kappa shape index (κ3) is 5.34. The van der Waals surface area contributed by atoms with E-state index in [0.29, 0.717) is 31.2 Å². The maximum atomic E-state index is 5.65. The third-order valence-electron chi connectivity index (χ3n) is 3.20. The Bertz CT molecular complexity index is 424. The molecule has 1 aromatic heterocycles. The molecule has 1 saturated heterocycles. The second kappa shape index (κ2) is 8.61. The minimum atomic E-state index is 0.318. The molecule has 0 unspecified atom stereocenters. The molecule has 21 heavy (non-hydrogen) atoms. The number of rotatable bonds is 9. The molecule has 7 nitrogen and oxygen atoms in total. The molecule has 1 fully saturated rings. The molecule has 1 aliphatic rings. The lowest BCUT2D eigenvalue weighted by Crippen LogP contribution is -2.25. The van der Waals surface area contributed by atoms with E-state index in [2.05, 4.69) is 25.2 Å². The summed E-state index contributed by atoms with van der Waals surface area (Å²) < 4.78 is 11.1. The fourth-order valence-electron chi connectivity index (χ4n) is 2.17. The van der Waals surface area contributed by atoms with E-state index in [1.54, 1.807) is 0 Å². The van der Waals surface area contributed by atoms with Crippen molar-refractivity contribution in [2.24, 2.45) is 0 Å². The Hall–Kier alpha value is -1.63. The van der Waals surface area contributed by atoms with Crippen molar-refractivity contribution < 1.29 is 9.47 Å². The Morgan fingerprint density at radius 1 is 1.00 bits per heavy atom. The molecule has 0 spiro atoms. The standard InChI is InChI=1S/C14H25N5O2/c1-3-10-20-13-16-12(15-4-2)17-14(18-13)21-11-9-19-7-5-6-8-19/h3-11H2,1-2H3,(H,15,16,17,18). The molecule has 0 amide bonds. The smallest absolute Gasteiger partial charge is 0.324 e. The zero-order valence-electron chi connectivity index (χ0n) is 13.0.